The Labute approximate surface area is 165 Å². The molecule has 1 atom stereocenters. The van der Waals surface area contributed by atoms with Crippen molar-refractivity contribution in [1.82, 2.24) is 15.2 Å². The van der Waals surface area contributed by atoms with Crippen LogP contribution in [-0.2, 0) is 11.3 Å². The predicted octanol–water partition coefficient (Wildman–Crippen LogP) is 3.05. The summed E-state index contributed by atoms with van der Waals surface area (Å²) < 4.78 is 0. The van der Waals surface area contributed by atoms with Crippen molar-refractivity contribution >= 4 is 29.7 Å². The number of hydrogen-bond donors (Lipinski definition) is 2. The fourth-order valence-corrected chi connectivity index (χ4v) is 4.19. The highest BCUT2D eigenvalue weighted by atomic mass is 35.5. The summed E-state index contributed by atoms with van der Waals surface area (Å²) >= 11 is 1.76. The number of nitrogens with zero attached hydrogens (tertiary/aromatic N) is 2. The molecule has 3 N–H and O–H groups in total. The fraction of sp³-hybridized carbons (Fsp3) is 0.474. The molecule has 2 aromatic rings. The van der Waals surface area contributed by atoms with Crippen molar-refractivity contribution in [1.29, 1.82) is 0 Å². The van der Waals surface area contributed by atoms with Gasteiger partial charge < -0.3 is 11.1 Å². The van der Waals surface area contributed by atoms with Gasteiger partial charge in [-0.05, 0) is 19.4 Å². The number of carbonyl (C=O) groups excluding carboxylic acids is 1. The number of thiazole rings is 1. The molecular weight excluding hydrogens is 368 g/mol. The molecule has 1 aliphatic rings. The smallest absolute Gasteiger partial charge is 0.221 e. The number of halogens is 1. The number of likely N-dealkylation sites (tertiary alicyclic amines) is 1. The summed E-state index contributed by atoms with van der Waals surface area (Å²) in [6.45, 7) is 3.10. The van der Waals surface area contributed by atoms with Gasteiger partial charge in [-0.15, -0.1) is 23.7 Å². The quantitative estimate of drug-likeness (QED) is 0.757. The lowest BCUT2D eigenvalue weighted by Crippen LogP contribution is -2.46. The number of aromatic nitrogens is 1. The highest BCUT2D eigenvalue weighted by molar-refractivity contribution is 7.15. The van der Waals surface area contributed by atoms with Gasteiger partial charge in [-0.3, -0.25) is 9.69 Å². The third-order valence-electron chi connectivity index (χ3n) is 4.59. The number of carbonyl (C=O) groups is 1. The van der Waals surface area contributed by atoms with Gasteiger partial charge in [0.15, 0.2) is 0 Å². The van der Waals surface area contributed by atoms with Crippen LogP contribution in [0.5, 0.6) is 0 Å². The standard InChI is InChI=1S/C19H26N4OS.ClH/c20-10-9-18(24)21-12-16-8-4-5-11-23(16)14-17-13-22-19(25-17)15-6-2-1-3-7-15;/h1-3,6-7,13,16H,4-5,8-12,14,20H2,(H,21,24);1H. The van der Waals surface area contributed by atoms with Crippen LogP contribution in [0.4, 0.5) is 0 Å². The molecule has 1 unspecified atom stereocenters. The molecule has 1 aliphatic heterocycles. The van der Waals surface area contributed by atoms with Crippen LogP contribution >= 0.6 is 23.7 Å². The number of hydrogen-bond acceptors (Lipinski definition) is 5. The molecule has 1 fully saturated rings. The Kier molecular flexibility index (Phi) is 8.51. The Hall–Kier alpha value is -1.47. The second-order valence-corrected chi connectivity index (χ2v) is 7.58. The number of nitrogens with one attached hydrogen (secondary N) is 1. The average Bonchev–Trinajstić information content (AvgIpc) is 3.11. The van der Waals surface area contributed by atoms with Gasteiger partial charge in [0, 0.05) is 48.7 Å². The van der Waals surface area contributed by atoms with Crippen molar-refractivity contribution in [3.8, 4) is 10.6 Å². The van der Waals surface area contributed by atoms with E-state index in [1.165, 1.54) is 23.3 Å². The van der Waals surface area contributed by atoms with E-state index in [1.807, 2.05) is 24.4 Å². The van der Waals surface area contributed by atoms with Crippen molar-refractivity contribution in [2.45, 2.75) is 38.3 Å². The Bertz CT molecular complexity index is 679. The molecule has 1 saturated heterocycles. The van der Waals surface area contributed by atoms with E-state index < -0.39 is 0 Å². The Morgan fingerprint density at radius 2 is 2.12 bits per heavy atom. The highest BCUT2D eigenvalue weighted by Crippen LogP contribution is 2.27. The van der Waals surface area contributed by atoms with Crippen molar-refractivity contribution in [2.75, 3.05) is 19.6 Å². The Balaban J connectivity index is 0.00000243. The minimum absolute atomic E-state index is 0. The number of nitrogens with two attached hydrogens (primary N) is 1. The molecule has 3 rings (SSSR count). The molecule has 1 amide bonds. The third kappa shape index (κ3) is 5.77. The Morgan fingerprint density at radius 1 is 1.31 bits per heavy atom. The molecule has 142 valence electrons. The molecule has 5 nitrogen and oxygen atoms in total. The first-order chi connectivity index (χ1) is 12.3. The molecule has 2 heterocycles. The molecule has 0 spiro atoms. The van der Waals surface area contributed by atoms with Crippen molar-refractivity contribution in [2.24, 2.45) is 5.73 Å². The van der Waals surface area contributed by atoms with Gasteiger partial charge >= 0.3 is 0 Å². The minimum Gasteiger partial charge on any atom is -0.354 e. The van der Waals surface area contributed by atoms with Crippen LogP contribution in [0.3, 0.4) is 0 Å². The van der Waals surface area contributed by atoms with Gasteiger partial charge in [-0.1, -0.05) is 36.8 Å². The number of amides is 1. The van der Waals surface area contributed by atoms with Crippen LogP contribution in [0.2, 0.25) is 0 Å². The van der Waals surface area contributed by atoms with E-state index in [0.29, 0.717) is 25.6 Å². The normalized spacial score (nSPS) is 17.5. The van der Waals surface area contributed by atoms with E-state index in [0.717, 1.165) is 24.5 Å². The van der Waals surface area contributed by atoms with Crippen LogP contribution in [0.25, 0.3) is 10.6 Å². The van der Waals surface area contributed by atoms with E-state index in [4.69, 9.17) is 5.73 Å². The first-order valence-corrected chi connectivity index (χ1v) is 9.79. The maximum atomic E-state index is 11.7. The van der Waals surface area contributed by atoms with Crippen LogP contribution in [0.15, 0.2) is 36.5 Å². The summed E-state index contributed by atoms with van der Waals surface area (Å²) in [5.74, 6) is 0.0529. The summed E-state index contributed by atoms with van der Waals surface area (Å²) in [6, 6.07) is 10.7. The topological polar surface area (TPSA) is 71.2 Å². The zero-order chi connectivity index (χ0) is 17.5. The lowest BCUT2D eigenvalue weighted by molar-refractivity contribution is -0.121. The van der Waals surface area contributed by atoms with Gasteiger partial charge in [0.05, 0.1) is 0 Å². The lowest BCUT2D eigenvalue weighted by Gasteiger charge is -2.35. The first-order valence-electron chi connectivity index (χ1n) is 8.97. The monoisotopic (exact) mass is 394 g/mol. The average molecular weight is 395 g/mol. The molecule has 0 bridgehead atoms. The first kappa shape index (κ1) is 20.8. The van der Waals surface area contributed by atoms with Gasteiger partial charge in [-0.25, -0.2) is 4.98 Å². The van der Waals surface area contributed by atoms with E-state index in [2.05, 4.69) is 27.3 Å². The predicted molar refractivity (Wildman–Crippen MR) is 110 cm³/mol. The zero-order valence-corrected chi connectivity index (χ0v) is 16.5. The number of benzene rings is 1. The van der Waals surface area contributed by atoms with Crippen molar-refractivity contribution in [3.63, 3.8) is 0 Å². The van der Waals surface area contributed by atoms with E-state index in [-0.39, 0.29) is 18.3 Å². The van der Waals surface area contributed by atoms with Crippen LogP contribution in [-0.4, -0.2) is 41.5 Å². The molecule has 1 aromatic carbocycles. The van der Waals surface area contributed by atoms with Gasteiger partial charge in [-0.2, -0.15) is 0 Å². The number of rotatable bonds is 7. The van der Waals surface area contributed by atoms with E-state index >= 15 is 0 Å². The summed E-state index contributed by atoms with van der Waals surface area (Å²) in [7, 11) is 0. The molecule has 7 heteroatoms. The lowest BCUT2D eigenvalue weighted by atomic mass is 10.0. The zero-order valence-electron chi connectivity index (χ0n) is 14.9. The second-order valence-electron chi connectivity index (χ2n) is 6.46. The maximum absolute atomic E-state index is 11.7. The molecule has 0 radical (unpaired) electrons. The molecule has 1 aromatic heterocycles. The van der Waals surface area contributed by atoms with Crippen LogP contribution in [0.1, 0.15) is 30.6 Å². The van der Waals surface area contributed by atoms with Crippen LogP contribution < -0.4 is 11.1 Å². The highest BCUT2D eigenvalue weighted by Gasteiger charge is 2.23. The van der Waals surface area contributed by atoms with Crippen molar-refractivity contribution < 1.29 is 4.79 Å². The van der Waals surface area contributed by atoms with E-state index in [1.54, 1.807) is 11.3 Å². The fourth-order valence-electron chi connectivity index (χ4n) is 3.25. The summed E-state index contributed by atoms with van der Waals surface area (Å²) in [5.41, 5.74) is 6.61. The SMILES string of the molecule is Cl.NCCC(=O)NCC1CCCCN1Cc1cnc(-c2ccccc2)s1. The largest absolute Gasteiger partial charge is 0.354 e. The van der Waals surface area contributed by atoms with Gasteiger partial charge in [0.2, 0.25) is 5.91 Å². The van der Waals surface area contributed by atoms with Gasteiger partial charge in [0.1, 0.15) is 5.01 Å². The maximum Gasteiger partial charge on any atom is 0.221 e. The minimum atomic E-state index is 0. The Morgan fingerprint density at radius 3 is 2.88 bits per heavy atom. The summed E-state index contributed by atoms with van der Waals surface area (Å²) in [4.78, 5) is 20.0. The molecule has 0 saturated carbocycles. The summed E-state index contributed by atoms with van der Waals surface area (Å²) in [5, 5.41) is 4.10. The van der Waals surface area contributed by atoms with Crippen LogP contribution in [0, 0.1) is 0 Å². The van der Waals surface area contributed by atoms with Crippen molar-refractivity contribution in [3.05, 3.63) is 41.4 Å². The van der Waals surface area contributed by atoms with Gasteiger partial charge in [0.25, 0.3) is 0 Å². The molecular formula is C19H27ClN4OS. The molecule has 26 heavy (non-hydrogen) atoms. The number of piperidine rings is 1. The van der Waals surface area contributed by atoms with E-state index in [9.17, 15) is 4.79 Å². The third-order valence-corrected chi connectivity index (χ3v) is 5.62. The summed E-state index contributed by atoms with van der Waals surface area (Å²) in [6.07, 6.45) is 5.98. The molecule has 0 aliphatic carbocycles. The second kappa shape index (κ2) is 10.6.